The minimum atomic E-state index is -1.18. The van der Waals surface area contributed by atoms with Crippen LogP contribution in [0.2, 0.25) is 5.15 Å². The molecule has 2 N–H and O–H groups in total. The van der Waals surface area contributed by atoms with Crippen molar-refractivity contribution in [3.8, 4) is 6.07 Å². The van der Waals surface area contributed by atoms with Gasteiger partial charge in [-0.15, -0.1) is 0 Å². The highest BCUT2D eigenvalue weighted by molar-refractivity contribution is 6.31. The van der Waals surface area contributed by atoms with Gasteiger partial charge in [0.15, 0.2) is 0 Å². The van der Waals surface area contributed by atoms with Gasteiger partial charge in [0.1, 0.15) is 16.8 Å². The van der Waals surface area contributed by atoms with Gasteiger partial charge in [-0.2, -0.15) is 5.26 Å². The molecular weight excluding hydrogens is 378 g/mol. The molecule has 0 unspecified atom stereocenters. The van der Waals surface area contributed by atoms with Gasteiger partial charge in [0, 0.05) is 10.9 Å². The molecule has 0 bridgehead atoms. The zero-order chi connectivity index (χ0) is 20.3. The molecule has 0 aliphatic rings. The molecule has 0 fully saturated rings. The van der Waals surface area contributed by atoms with Gasteiger partial charge >= 0.3 is 5.97 Å². The number of hydrogen-bond acceptors (Lipinski definition) is 4. The van der Waals surface area contributed by atoms with Crippen molar-refractivity contribution in [2.24, 2.45) is 0 Å². The number of aromatic carboxylic acids is 1. The molecule has 7 heteroatoms. The predicted octanol–water partition coefficient (Wildman–Crippen LogP) is 4.44. The molecular formula is C21H14ClN3O3. The quantitative estimate of drug-likeness (QED) is 0.388. The van der Waals surface area contributed by atoms with E-state index in [9.17, 15) is 20.0 Å². The van der Waals surface area contributed by atoms with Crippen molar-refractivity contribution in [1.82, 2.24) is 4.98 Å². The summed E-state index contributed by atoms with van der Waals surface area (Å²) in [5.74, 6) is -1.92. The smallest absolute Gasteiger partial charge is 0.337 e. The topological polar surface area (TPSA) is 103 Å². The first-order chi connectivity index (χ1) is 13.4. The second-order valence-corrected chi connectivity index (χ2v) is 6.35. The third-order valence-electron chi connectivity index (χ3n) is 4.10. The summed E-state index contributed by atoms with van der Waals surface area (Å²) >= 11 is 6.23. The normalized spacial score (nSPS) is 11.1. The number of rotatable bonds is 4. The molecule has 0 radical (unpaired) electrons. The molecule has 3 aromatic rings. The minimum absolute atomic E-state index is 0.0750. The van der Waals surface area contributed by atoms with Gasteiger partial charge in [0.25, 0.3) is 5.91 Å². The van der Waals surface area contributed by atoms with Gasteiger partial charge in [-0.1, -0.05) is 41.9 Å². The number of carbonyl (C=O) groups excluding carboxylic acids is 1. The fraction of sp³-hybridized carbons (Fsp3) is 0.0476. The van der Waals surface area contributed by atoms with E-state index in [0.29, 0.717) is 5.56 Å². The lowest BCUT2D eigenvalue weighted by molar-refractivity contribution is -0.112. The first kappa shape index (κ1) is 19.1. The molecule has 1 aromatic heterocycles. The number of carbonyl (C=O) groups is 2. The highest BCUT2D eigenvalue weighted by Crippen LogP contribution is 2.25. The number of fused-ring (bicyclic) bond motifs is 1. The van der Waals surface area contributed by atoms with Crippen LogP contribution in [0.1, 0.15) is 21.5 Å². The Hall–Kier alpha value is -3.69. The van der Waals surface area contributed by atoms with E-state index in [1.54, 1.807) is 18.2 Å². The largest absolute Gasteiger partial charge is 0.478 e. The Balaban J connectivity index is 1.98. The molecule has 138 valence electrons. The maximum Gasteiger partial charge on any atom is 0.337 e. The van der Waals surface area contributed by atoms with E-state index in [1.165, 1.54) is 18.2 Å². The standard InChI is InChI=1S/C21H14ClN3O3/c1-12-5-4-6-13-9-14(19(22)25-18(12)13)10-15(11-23)20(26)24-17-8-3-2-7-16(17)21(27)28/h2-10H,1H3,(H,24,26)(H,27,28)/b15-10+. The monoisotopic (exact) mass is 391 g/mol. The summed E-state index contributed by atoms with van der Waals surface area (Å²) in [4.78, 5) is 28.1. The van der Waals surface area contributed by atoms with E-state index in [0.717, 1.165) is 16.5 Å². The summed E-state index contributed by atoms with van der Waals surface area (Å²) < 4.78 is 0. The molecule has 0 atom stereocenters. The number of nitrogens with one attached hydrogen (secondary N) is 1. The molecule has 2 aromatic carbocycles. The Labute approximate surface area is 165 Å². The number of pyridine rings is 1. The Kier molecular flexibility index (Phi) is 5.39. The number of nitriles is 1. The average Bonchev–Trinajstić information content (AvgIpc) is 2.67. The molecule has 0 saturated carbocycles. The van der Waals surface area contributed by atoms with Crippen LogP contribution in [0.15, 0.2) is 54.1 Å². The van der Waals surface area contributed by atoms with E-state index in [4.69, 9.17) is 11.6 Å². The lowest BCUT2D eigenvalue weighted by Gasteiger charge is -2.08. The van der Waals surface area contributed by atoms with Crippen LogP contribution in [-0.2, 0) is 4.79 Å². The predicted molar refractivity (Wildman–Crippen MR) is 107 cm³/mol. The number of benzene rings is 2. The Bertz CT molecular complexity index is 1180. The van der Waals surface area contributed by atoms with Crippen molar-refractivity contribution in [2.75, 3.05) is 5.32 Å². The molecule has 0 aliphatic carbocycles. The lowest BCUT2D eigenvalue weighted by atomic mass is 10.1. The van der Waals surface area contributed by atoms with Crippen LogP contribution >= 0.6 is 11.6 Å². The number of aromatic nitrogens is 1. The molecule has 1 amide bonds. The summed E-state index contributed by atoms with van der Waals surface area (Å²) in [6, 6.07) is 15.2. The van der Waals surface area contributed by atoms with E-state index in [1.807, 2.05) is 31.2 Å². The number of amides is 1. The van der Waals surface area contributed by atoms with Crippen molar-refractivity contribution in [2.45, 2.75) is 6.92 Å². The Morgan fingerprint density at radius 1 is 1.21 bits per heavy atom. The van der Waals surface area contributed by atoms with Crippen molar-refractivity contribution < 1.29 is 14.7 Å². The van der Waals surface area contributed by atoms with Crippen molar-refractivity contribution in [3.05, 3.63) is 75.9 Å². The first-order valence-corrected chi connectivity index (χ1v) is 8.60. The van der Waals surface area contributed by atoms with Crippen LogP contribution in [0.25, 0.3) is 17.0 Å². The fourth-order valence-corrected chi connectivity index (χ4v) is 2.91. The van der Waals surface area contributed by atoms with E-state index in [-0.39, 0.29) is 22.0 Å². The number of aryl methyl sites for hydroxylation is 1. The first-order valence-electron chi connectivity index (χ1n) is 8.22. The number of carboxylic acid groups (broad SMARTS) is 1. The number of para-hydroxylation sites is 2. The van der Waals surface area contributed by atoms with Gasteiger partial charge in [0.2, 0.25) is 0 Å². The van der Waals surface area contributed by atoms with Gasteiger partial charge in [0.05, 0.1) is 16.8 Å². The molecule has 0 aliphatic heterocycles. The summed E-state index contributed by atoms with van der Waals surface area (Å²) in [7, 11) is 0. The zero-order valence-electron chi connectivity index (χ0n) is 14.7. The summed E-state index contributed by atoms with van der Waals surface area (Å²) in [5, 5.41) is 22.1. The number of anilines is 1. The summed E-state index contributed by atoms with van der Waals surface area (Å²) in [6.07, 6.45) is 1.33. The van der Waals surface area contributed by atoms with E-state index in [2.05, 4.69) is 10.3 Å². The maximum atomic E-state index is 12.5. The van der Waals surface area contributed by atoms with Gasteiger partial charge in [-0.05, 0) is 36.8 Å². The number of nitrogens with zero attached hydrogens (tertiary/aromatic N) is 2. The third kappa shape index (κ3) is 3.85. The van der Waals surface area contributed by atoms with Gasteiger partial charge in [-0.3, -0.25) is 4.79 Å². The number of hydrogen-bond donors (Lipinski definition) is 2. The van der Waals surface area contributed by atoms with Gasteiger partial charge in [-0.25, -0.2) is 9.78 Å². The van der Waals surface area contributed by atoms with Gasteiger partial charge < -0.3 is 10.4 Å². The summed E-state index contributed by atoms with van der Waals surface area (Å²) in [6.45, 7) is 1.91. The summed E-state index contributed by atoms with van der Waals surface area (Å²) in [5.41, 5.74) is 1.91. The van der Waals surface area contributed by atoms with Crippen LogP contribution in [0.3, 0.4) is 0 Å². The molecule has 0 spiro atoms. The second kappa shape index (κ2) is 7.91. The van der Waals surface area contributed by atoms with Crippen LogP contribution in [-0.4, -0.2) is 22.0 Å². The van der Waals surface area contributed by atoms with Crippen LogP contribution in [0.4, 0.5) is 5.69 Å². The van der Waals surface area contributed by atoms with Crippen molar-refractivity contribution >= 4 is 46.1 Å². The molecule has 28 heavy (non-hydrogen) atoms. The van der Waals surface area contributed by atoms with Crippen LogP contribution < -0.4 is 5.32 Å². The minimum Gasteiger partial charge on any atom is -0.478 e. The molecule has 1 heterocycles. The SMILES string of the molecule is Cc1cccc2cc(/C=C(\C#N)C(=O)Nc3ccccc3C(=O)O)c(Cl)nc12. The second-order valence-electron chi connectivity index (χ2n) is 5.99. The van der Waals surface area contributed by atoms with Crippen LogP contribution in [0, 0.1) is 18.3 Å². The van der Waals surface area contributed by atoms with Crippen molar-refractivity contribution in [1.29, 1.82) is 5.26 Å². The number of carboxylic acids is 1. The Morgan fingerprint density at radius 3 is 2.68 bits per heavy atom. The van der Waals surface area contributed by atoms with Crippen LogP contribution in [0.5, 0.6) is 0 Å². The Morgan fingerprint density at radius 2 is 1.96 bits per heavy atom. The molecule has 3 rings (SSSR count). The zero-order valence-corrected chi connectivity index (χ0v) is 15.5. The van der Waals surface area contributed by atoms with Crippen molar-refractivity contribution in [3.63, 3.8) is 0 Å². The number of halogens is 1. The highest BCUT2D eigenvalue weighted by Gasteiger charge is 2.16. The molecule has 6 nitrogen and oxygen atoms in total. The average molecular weight is 392 g/mol. The third-order valence-corrected chi connectivity index (χ3v) is 4.40. The van der Waals surface area contributed by atoms with E-state index >= 15 is 0 Å². The van der Waals surface area contributed by atoms with E-state index < -0.39 is 11.9 Å². The highest BCUT2D eigenvalue weighted by atomic mass is 35.5. The lowest BCUT2D eigenvalue weighted by Crippen LogP contribution is -2.16. The molecule has 0 saturated heterocycles. The maximum absolute atomic E-state index is 12.5. The fourth-order valence-electron chi connectivity index (χ4n) is 2.71.